The molecule has 0 heterocycles. The Morgan fingerprint density at radius 3 is 2.57 bits per heavy atom. The second-order valence-corrected chi connectivity index (χ2v) is 4.75. The van der Waals surface area contributed by atoms with Crippen molar-refractivity contribution < 1.29 is 14.5 Å². The highest BCUT2D eigenvalue weighted by atomic mass is 16.6. The van der Waals surface area contributed by atoms with Crippen molar-refractivity contribution in [2.75, 3.05) is 20.2 Å². The minimum absolute atomic E-state index is 0.0427. The summed E-state index contributed by atoms with van der Waals surface area (Å²) in [6.07, 6.45) is 1.97. The molecule has 0 unspecified atom stereocenters. The lowest BCUT2D eigenvalue weighted by Gasteiger charge is -2.21. The number of rotatable bonds is 8. The zero-order valence-electron chi connectivity index (χ0n) is 12.8. The maximum absolute atomic E-state index is 11.8. The highest BCUT2D eigenvalue weighted by Crippen LogP contribution is 2.27. The van der Waals surface area contributed by atoms with Crippen molar-refractivity contribution in [3.8, 4) is 5.75 Å². The van der Waals surface area contributed by atoms with E-state index in [2.05, 4.69) is 0 Å². The van der Waals surface area contributed by atoms with E-state index in [1.165, 1.54) is 13.2 Å². The third-order valence-electron chi connectivity index (χ3n) is 3.26. The van der Waals surface area contributed by atoms with Crippen molar-refractivity contribution in [1.29, 1.82) is 0 Å². The molecule has 6 nitrogen and oxygen atoms in total. The van der Waals surface area contributed by atoms with Gasteiger partial charge in [-0.2, -0.15) is 0 Å². The first kappa shape index (κ1) is 16.9. The van der Waals surface area contributed by atoms with Gasteiger partial charge in [-0.3, -0.25) is 14.9 Å². The van der Waals surface area contributed by atoms with Crippen molar-refractivity contribution in [2.45, 2.75) is 33.1 Å². The molecule has 0 saturated heterocycles. The minimum Gasteiger partial charge on any atom is -0.490 e. The van der Waals surface area contributed by atoms with E-state index in [-0.39, 0.29) is 17.3 Å². The Balaban J connectivity index is 2.80. The van der Waals surface area contributed by atoms with Crippen LogP contribution < -0.4 is 4.74 Å². The summed E-state index contributed by atoms with van der Waals surface area (Å²) in [5.74, 6) is 0.360. The van der Waals surface area contributed by atoms with Gasteiger partial charge < -0.3 is 9.64 Å². The van der Waals surface area contributed by atoms with E-state index in [4.69, 9.17) is 4.74 Å². The Kier molecular flexibility index (Phi) is 6.65. The van der Waals surface area contributed by atoms with Crippen LogP contribution in [0.25, 0.3) is 0 Å². The van der Waals surface area contributed by atoms with Crippen molar-refractivity contribution in [3.63, 3.8) is 0 Å². The van der Waals surface area contributed by atoms with Gasteiger partial charge in [-0.15, -0.1) is 0 Å². The van der Waals surface area contributed by atoms with Crippen LogP contribution in [0.5, 0.6) is 5.75 Å². The molecule has 0 fully saturated rings. The van der Waals surface area contributed by atoms with E-state index in [1.54, 1.807) is 17.0 Å². The lowest BCUT2D eigenvalue weighted by Crippen LogP contribution is -2.33. The first-order chi connectivity index (χ1) is 10.0. The average molecular weight is 294 g/mol. The van der Waals surface area contributed by atoms with Crippen LogP contribution in [0, 0.1) is 10.1 Å². The fourth-order valence-electron chi connectivity index (χ4n) is 2.15. The van der Waals surface area contributed by atoms with Crippen molar-refractivity contribution >= 4 is 11.6 Å². The molecule has 6 heteroatoms. The molecule has 0 spiro atoms. The number of carbonyl (C=O) groups is 1. The molecule has 0 aliphatic heterocycles. The molecule has 0 atom stereocenters. The summed E-state index contributed by atoms with van der Waals surface area (Å²) in [5, 5.41) is 11.0. The van der Waals surface area contributed by atoms with Crippen LogP contribution >= 0.6 is 0 Å². The number of nitrogens with zero attached hydrogens (tertiary/aromatic N) is 2. The zero-order chi connectivity index (χ0) is 15.8. The zero-order valence-corrected chi connectivity index (χ0v) is 12.8. The Hall–Kier alpha value is -2.11. The predicted octanol–water partition coefficient (Wildman–Crippen LogP) is 2.79. The number of benzene rings is 1. The molecule has 0 bridgehead atoms. The van der Waals surface area contributed by atoms with Gasteiger partial charge >= 0.3 is 5.69 Å². The van der Waals surface area contributed by atoms with Gasteiger partial charge in [-0.25, -0.2) is 0 Å². The van der Waals surface area contributed by atoms with Crippen LogP contribution in [-0.4, -0.2) is 35.9 Å². The quantitative estimate of drug-likeness (QED) is 0.546. The first-order valence-electron chi connectivity index (χ1n) is 7.12. The molecule has 0 aliphatic carbocycles. The molecule has 1 aromatic carbocycles. The molecule has 0 aromatic heterocycles. The van der Waals surface area contributed by atoms with Crippen molar-refractivity contribution in [2.24, 2.45) is 0 Å². The summed E-state index contributed by atoms with van der Waals surface area (Å²) in [6.45, 7) is 5.15. The highest BCUT2D eigenvalue weighted by Gasteiger charge is 2.16. The molecule has 1 aromatic rings. The summed E-state index contributed by atoms with van der Waals surface area (Å²) in [6, 6.07) is 4.91. The summed E-state index contributed by atoms with van der Waals surface area (Å²) in [7, 11) is 1.41. The maximum atomic E-state index is 11.8. The van der Waals surface area contributed by atoms with E-state index in [1.807, 2.05) is 13.8 Å². The first-order valence-corrected chi connectivity index (χ1v) is 7.12. The van der Waals surface area contributed by atoms with Crippen molar-refractivity contribution in [1.82, 2.24) is 4.90 Å². The molecule has 0 saturated carbocycles. The summed E-state index contributed by atoms with van der Waals surface area (Å²) in [5.41, 5.74) is 0.784. The monoisotopic (exact) mass is 294 g/mol. The van der Waals surface area contributed by atoms with Gasteiger partial charge in [0.15, 0.2) is 5.75 Å². The predicted molar refractivity (Wildman–Crippen MR) is 80.5 cm³/mol. The molecule has 116 valence electrons. The fraction of sp³-hybridized carbons (Fsp3) is 0.533. The molecule has 21 heavy (non-hydrogen) atoms. The van der Waals surface area contributed by atoms with E-state index in [0.717, 1.165) is 12.0 Å². The number of ether oxygens (including phenoxy) is 1. The van der Waals surface area contributed by atoms with Gasteiger partial charge in [-0.05, 0) is 24.5 Å². The molecule has 0 aliphatic rings. The second-order valence-electron chi connectivity index (χ2n) is 4.75. The van der Waals surface area contributed by atoms with E-state index in [0.29, 0.717) is 25.9 Å². The summed E-state index contributed by atoms with van der Waals surface area (Å²) >= 11 is 0. The van der Waals surface area contributed by atoms with Crippen LogP contribution in [0.4, 0.5) is 5.69 Å². The SMILES string of the molecule is CCCN(CCc1ccc(OC)c([N+](=O)[O-])c1)C(=O)CC. The number of amides is 1. The van der Waals surface area contributed by atoms with Gasteiger partial charge in [0, 0.05) is 25.6 Å². The number of hydrogen-bond acceptors (Lipinski definition) is 4. The van der Waals surface area contributed by atoms with Crippen molar-refractivity contribution in [3.05, 3.63) is 33.9 Å². The average Bonchev–Trinajstić information content (AvgIpc) is 2.50. The molecule has 1 rings (SSSR count). The normalized spacial score (nSPS) is 10.2. The van der Waals surface area contributed by atoms with Gasteiger partial charge in [0.1, 0.15) is 0 Å². The van der Waals surface area contributed by atoms with Gasteiger partial charge in [0.2, 0.25) is 5.91 Å². The van der Waals surface area contributed by atoms with Crippen LogP contribution in [-0.2, 0) is 11.2 Å². The third kappa shape index (κ3) is 4.73. The number of hydrogen-bond donors (Lipinski definition) is 0. The Bertz CT molecular complexity index is 502. The van der Waals surface area contributed by atoms with Gasteiger partial charge in [-0.1, -0.05) is 19.9 Å². The fourth-order valence-corrected chi connectivity index (χ4v) is 2.15. The molecule has 0 radical (unpaired) electrons. The largest absolute Gasteiger partial charge is 0.490 e. The summed E-state index contributed by atoms with van der Waals surface area (Å²) < 4.78 is 4.98. The van der Waals surface area contributed by atoms with E-state index < -0.39 is 4.92 Å². The topological polar surface area (TPSA) is 72.7 Å². The van der Waals surface area contributed by atoms with Crippen LogP contribution in [0.3, 0.4) is 0 Å². The number of methoxy groups -OCH3 is 1. The number of nitro groups is 1. The van der Waals surface area contributed by atoms with Crippen LogP contribution in [0.15, 0.2) is 18.2 Å². The van der Waals surface area contributed by atoms with E-state index >= 15 is 0 Å². The second kappa shape index (κ2) is 8.24. The molecule has 0 N–H and O–H groups in total. The summed E-state index contributed by atoms with van der Waals surface area (Å²) in [4.78, 5) is 24.1. The molecular formula is C15H22N2O4. The Labute approximate surface area is 124 Å². The Morgan fingerprint density at radius 2 is 2.05 bits per heavy atom. The number of nitro benzene ring substituents is 1. The van der Waals surface area contributed by atoms with Crippen LogP contribution in [0.2, 0.25) is 0 Å². The van der Waals surface area contributed by atoms with Gasteiger partial charge in [0.25, 0.3) is 0 Å². The third-order valence-corrected chi connectivity index (χ3v) is 3.26. The van der Waals surface area contributed by atoms with E-state index in [9.17, 15) is 14.9 Å². The lowest BCUT2D eigenvalue weighted by atomic mass is 10.1. The minimum atomic E-state index is -0.455. The maximum Gasteiger partial charge on any atom is 0.311 e. The smallest absolute Gasteiger partial charge is 0.311 e. The van der Waals surface area contributed by atoms with Crippen LogP contribution in [0.1, 0.15) is 32.3 Å². The molecule has 1 amide bonds. The number of carbonyl (C=O) groups excluding carboxylic acids is 1. The van der Waals surface area contributed by atoms with Gasteiger partial charge in [0.05, 0.1) is 12.0 Å². The lowest BCUT2D eigenvalue weighted by molar-refractivity contribution is -0.385. The Morgan fingerprint density at radius 1 is 1.33 bits per heavy atom. The highest BCUT2D eigenvalue weighted by molar-refractivity contribution is 5.75. The standard InChI is InChI=1S/C15H22N2O4/c1-4-9-16(15(18)5-2)10-8-12-6-7-14(21-3)13(11-12)17(19)20/h6-7,11H,4-5,8-10H2,1-3H3. The molecular weight excluding hydrogens is 272 g/mol.